The Morgan fingerprint density at radius 3 is 2.21 bits per heavy atom. The number of ether oxygens (including phenoxy) is 1. The zero-order valence-corrected chi connectivity index (χ0v) is 17.7. The topological polar surface area (TPSA) is 84.0 Å². The van der Waals surface area contributed by atoms with E-state index in [0.717, 1.165) is 18.4 Å². The number of anilines is 1. The number of benzene rings is 1. The molecule has 1 aromatic rings. The Balaban J connectivity index is 1.59. The second-order valence-corrected chi connectivity index (χ2v) is 10.3. The first-order valence-electron chi connectivity index (χ1n) is 9.76. The molecule has 0 saturated carbocycles. The van der Waals surface area contributed by atoms with Gasteiger partial charge >= 0.3 is 16.3 Å². The van der Waals surface area contributed by atoms with Gasteiger partial charge < -0.3 is 14.5 Å². The number of hydrogen-bond donors (Lipinski definition) is 0. The summed E-state index contributed by atoms with van der Waals surface area (Å²) >= 11 is 0. The smallest absolute Gasteiger partial charge is 0.410 e. The fourth-order valence-electron chi connectivity index (χ4n) is 3.76. The van der Waals surface area contributed by atoms with Crippen LogP contribution >= 0.6 is 0 Å². The van der Waals surface area contributed by atoms with Gasteiger partial charge in [0, 0.05) is 31.7 Å². The average molecular weight is 427 g/mol. The molecule has 2 heterocycles. The molecule has 1 aromatic carbocycles. The summed E-state index contributed by atoms with van der Waals surface area (Å²) in [6.07, 6.45) is 0.993. The molecular formula is C20H27FN2O5S. The van der Waals surface area contributed by atoms with Crippen LogP contribution in [0.15, 0.2) is 24.3 Å². The highest BCUT2D eigenvalue weighted by Gasteiger charge is 2.39. The molecule has 0 N–H and O–H groups in total. The second kappa shape index (κ2) is 7.93. The lowest BCUT2D eigenvalue weighted by molar-refractivity contribution is -0.117. The molecule has 3 rings (SSSR count). The minimum atomic E-state index is -4.73. The van der Waals surface area contributed by atoms with E-state index in [9.17, 15) is 21.9 Å². The van der Waals surface area contributed by atoms with Crippen molar-refractivity contribution < 1.29 is 26.6 Å². The third kappa shape index (κ3) is 5.26. The summed E-state index contributed by atoms with van der Waals surface area (Å²) in [5, 5.41) is -1.30. The van der Waals surface area contributed by atoms with E-state index < -0.39 is 27.0 Å². The second-order valence-electron chi connectivity index (χ2n) is 8.64. The fraction of sp³-hybridized carbons (Fsp3) is 0.600. The lowest BCUT2D eigenvalue weighted by Crippen LogP contribution is -2.41. The summed E-state index contributed by atoms with van der Waals surface area (Å²) in [6.45, 7) is 6.59. The zero-order chi connectivity index (χ0) is 21.4. The van der Waals surface area contributed by atoms with Gasteiger partial charge in [0.2, 0.25) is 5.91 Å². The highest BCUT2D eigenvalue weighted by molar-refractivity contribution is 7.87. The number of halogens is 1. The Morgan fingerprint density at radius 1 is 1.14 bits per heavy atom. The number of hydrogen-bond acceptors (Lipinski definition) is 5. The highest BCUT2D eigenvalue weighted by Crippen LogP contribution is 2.31. The van der Waals surface area contributed by atoms with Gasteiger partial charge in [-0.25, -0.2) is 4.79 Å². The lowest BCUT2D eigenvalue weighted by atomic mass is 9.89. The van der Waals surface area contributed by atoms with E-state index in [1.165, 1.54) is 4.90 Å². The molecule has 0 spiro atoms. The highest BCUT2D eigenvalue weighted by atomic mass is 32.3. The molecule has 1 atom stereocenters. The van der Waals surface area contributed by atoms with Crippen molar-refractivity contribution in [3.05, 3.63) is 29.8 Å². The zero-order valence-electron chi connectivity index (χ0n) is 16.9. The van der Waals surface area contributed by atoms with E-state index in [2.05, 4.69) is 0 Å². The number of piperidine rings is 1. The molecule has 2 amide bonds. The molecule has 0 bridgehead atoms. The van der Waals surface area contributed by atoms with Crippen molar-refractivity contribution in [3.63, 3.8) is 0 Å². The predicted molar refractivity (Wildman–Crippen MR) is 107 cm³/mol. The largest absolute Gasteiger partial charge is 0.444 e. The third-order valence-electron chi connectivity index (χ3n) is 5.31. The molecule has 1 unspecified atom stereocenters. The van der Waals surface area contributed by atoms with Crippen LogP contribution in [-0.4, -0.2) is 55.8 Å². The molecule has 0 aromatic heterocycles. The standard InChI is InChI=1S/C20H27FN2O5S/c1-20(2,3)28-19(25)22-10-8-15(9-11-22)14-4-6-16(7-5-14)23-13-17(12-18(23)24)29(21,26)27/h4-7,15,17H,8-13H2,1-3H3. The van der Waals surface area contributed by atoms with Gasteiger partial charge in [0.05, 0.1) is 0 Å². The average Bonchev–Trinajstić information content (AvgIpc) is 3.03. The van der Waals surface area contributed by atoms with Crippen molar-refractivity contribution in [3.8, 4) is 0 Å². The van der Waals surface area contributed by atoms with E-state index in [1.807, 2.05) is 32.9 Å². The number of carbonyl (C=O) groups excluding carboxylic acids is 2. The molecule has 2 saturated heterocycles. The van der Waals surface area contributed by atoms with Gasteiger partial charge in [-0.15, -0.1) is 3.89 Å². The molecule has 2 aliphatic heterocycles. The fourth-order valence-corrected chi connectivity index (χ4v) is 4.43. The molecule has 2 fully saturated rings. The first kappa shape index (κ1) is 21.5. The minimum absolute atomic E-state index is 0.161. The maximum atomic E-state index is 13.2. The number of carbonyl (C=O) groups is 2. The Bertz CT molecular complexity index is 871. The summed E-state index contributed by atoms with van der Waals surface area (Å²) in [5.41, 5.74) is 1.15. The summed E-state index contributed by atoms with van der Waals surface area (Å²) < 4.78 is 40.8. The Kier molecular flexibility index (Phi) is 5.89. The van der Waals surface area contributed by atoms with Gasteiger partial charge in [0.25, 0.3) is 0 Å². The lowest BCUT2D eigenvalue weighted by Gasteiger charge is -2.33. The third-order valence-corrected chi connectivity index (χ3v) is 6.42. The summed E-state index contributed by atoms with van der Waals surface area (Å²) in [4.78, 5) is 27.3. The Hall–Kier alpha value is -2.16. The van der Waals surface area contributed by atoms with Crippen LogP contribution in [0.2, 0.25) is 0 Å². The Morgan fingerprint density at radius 2 is 1.72 bits per heavy atom. The van der Waals surface area contributed by atoms with E-state index >= 15 is 0 Å². The van der Waals surface area contributed by atoms with Crippen molar-refractivity contribution in [2.75, 3.05) is 24.5 Å². The van der Waals surface area contributed by atoms with Crippen LogP contribution < -0.4 is 4.90 Å². The summed E-state index contributed by atoms with van der Waals surface area (Å²) in [6, 6.07) is 7.35. The summed E-state index contributed by atoms with van der Waals surface area (Å²) in [7, 11) is -4.73. The molecule has 9 heteroatoms. The molecule has 0 radical (unpaired) electrons. The predicted octanol–water partition coefficient (Wildman–Crippen LogP) is 3.21. The molecule has 2 aliphatic rings. The van der Waals surface area contributed by atoms with Gasteiger partial charge in [-0.2, -0.15) is 8.42 Å². The van der Waals surface area contributed by atoms with Crippen molar-refractivity contribution in [2.24, 2.45) is 0 Å². The van der Waals surface area contributed by atoms with Crippen molar-refractivity contribution in [2.45, 2.75) is 56.8 Å². The van der Waals surface area contributed by atoms with Crippen LogP contribution in [0.3, 0.4) is 0 Å². The van der Waals surface area contributed by atoms with E-state index in [0.29, 0.717) is 18.8 Å². The van der Waals surface area contributed by atoms with Gasteiger partial charge in [-0.05, 0) is 57.2 Å². The van der Waals surface area contributed by atoms with Crippen LogP contribution in [0, 0.1) is 0 Å². The Labute approximate surface area is 171 Å². The van der Waals surface area contributed by atoms with Gasteiger partial charge in [-0.1, -0.05) is 12.1 Å². The van der Waals surface area contributed by atoms with Crippen molar-refractivity contribution in [1.82, 2.24) is 4.90 Å². The summed E-state index contributed by atoms with van der Waals surface area (Å²) in [5.74, 6) is -0.106. The maximum absolute atomic E-state index is 13.2. The van der Waals surface area contributed by atoms with Crippen LogP contribution in [0.25, 0.3) is 0 Å². The maximum Gasteiger partial charge on any atom is 0.410 e. The van der Waals surface area contributed by atoms with E-state index in [1.54, 1.807) is 17.0 Å². The first-order chi connectivity index (χ1) is 13.4. The number of rotatable bonds is 3. The molecular weight excluding hydrogens is 399 g/mol. The first-order valence-corrected chi connectivity index (χ1v) is 11.2. The van der Waals surface area contributed by atoms with Crippen molar-refractivity contribution in [1.29, 1.82) is 0 Å². The quantitative estimate of drug-likeness (QED) is 0.693. The van der Waals surface area contributed by atoms with Crippen LogP contribution in [-0.2, 0) is 19.8 Å². The monoisotopic (exact) mass is 426 g/mol. The van der Waals surface area contributed by atoms with Gasteiger partial charge in [0.15, 0.2) is 0 Å². The number of likely N-dealkylation sites (tertiary alicyclic amines) is 1. The van der Waals surface area contributed by atoms with E-state index in [4.69, 9.17) is 4.74 Å². The van der Waals surface area contributed by atoms with Crippen LogP contribution in [0.5, 0.6) is 0 Å². The molecule has 29 heavy (non-hydrogen) atoms. The molecule has 0 aliphatic carbocycles. The minimum Gasteiger partial charge on any atom is -0.444 e. The van der Waals surface area contributed by atoms with E-state index in [-0.39, 0.29) is 25.0 Å². The normalized spacial score (nSPS) is 21.5. The van der Waals surface area contributed by atoms with Crippen molar-refractivity contribution >= 4 is 27.9 Å². The number of nitrogens with zero attached hydrogens (tertiary/aromatic N) is 2. The van der Waals surface area contributed by atoms with Crippen LogP contribution in [0.1, 0.15) is 51.5 Å². The van der Waals surface area contributed by atoms with Gasteiger partial charge in [0.1, 0.15) is 10.9 Å². The molecule has 160 valence electrons. The molecule has 7 nitrogen and oxygen atoms in total. The van der Waals surface area contributed by atoms with Crippen LogP contribution in [0.4, 0.5) is 14.4 Å². The SMILES string of the molecule is CC(C)(C)OC(=O)N1CCC(c2ccc(N3CC(S(=O)(=O)F)CC3=O)cc2)CC1. The number of amides is 2. The van der Waals surface area contributed by atoms with Gasteiger partial charge in [-0.3, -0.25) is 4.79 Å².